The maximum atomic E-state index is 12.9. The SMILES string of the molecule is COc1nn(C(C)C(=O)Nc2c(C(F)(F)F)n[nH]c2C)cc1[N+](=O)[O-]. The van der Waals surface area contributed by atoms with Gasteiger partial charge in [0.15, 0.2) is 5.69 Å². The van der Waals surface area contributed by atoms with Crippen LogP contribution in [0.2, 0.25) is 0 Å². The van der Waals surface area contributed by atoms with Gasteiger partial charge in [-0.25, -0.2) is 4.68 Å². The zero-order valence-corrected chi connectivity index (χ0v) is 13.2. The Labute approximate surface area is 138 Å². The van der Waals surface area contributed by atoms with E-state index in [1.165, 1.54) is 13.8 Å². The van der Waals surface area contributed by atoms with Gasteiger partial charge in [-0.15, -0.1) is 5.10 Å². The molecular weight excluding hydrogens is 349 g/mol. The number of carbonyl (C=O) groups excluding carboxylic acids is 1. The smallest absolute Gasteiger partial charge is 0.437 e. The second-order valence-electron chi connectivity index (χ2n) is 5.00. The molecule has 0 aromatic carbocycles. The van der Waals surface area contributed by atoms with Gasteiger partial charge in [0.1, 0.15) is 12.2 Å². The van der Waals surface area contributed by atoms with Gasteiger partial charge in [-0.1, -0.05) is 0 Å². The minimum Gasteiger partial charge on any atom is -0.475 e. The van der Waals surface area contributed by atoms with Gasteiger partial charge < -0.3 is 10.1 Å². The molecule has 0 fully saturated rings. The zero-order chi connectivity index (χ0) is 18.9. The number of alkyl halides is 3. The van der Waals surface area contributed by atoms with Gasteiger partial charge in [0.05, 0.1) is 23.4 Å². The Kier molecular flexibility index (Phi) is 4.67. The average molecular weight is 362 g/mol. The highest BCUT2D eigenvalue weighted by molar-refractivity contribution is 5.94. The third-order valence-corrected chi connectivity index (χ3v) is 3.31. The van der Waals surface area contributed by atoms with Crippen molar-refractivity contribution in [2.45, 2.75) is 26.1 Å². The van der Waals surface area contributed by atoms with Crippen LogP contribution in [0.1, 0.15) is 24.4 Å². The molecule has 0 aliphatic rings. The molecule has 1 amide bonds. The number of methoxy groups -OCH3 is 1. The number of aryl methyl sites for hydroxylation is 1. The van der Waals surface area contributed by atoms with Crippen LogP contribution in [0.4, 0.5) is 24.5 Å². The van der Waals surface area contributed by atoms with Gasteiger partial charge in [-0.2, -0.15) is 18.3 Å². The first kappa shape index (κ1) is 18.2. The maximum absolute atomic E-state index is 12.9. The van der Waals surface area contributed by atoms with E-state index in [2.05, 4.69) is 20.6 Å². The molecule has 13 heteroatoms. The van der Waals surface area contributed by atoms with Crippen molar-refractivity contribution in [2.24, 2.45) is 0 Å². The second-order valence-corrected chi connectivity index (χ2v) is 5.00. The number of nitro groups is 1. The molecule has 0 bridgehead atoms. The third kappa shape index (κ3) is 3.54. The molecule has 2 N–H and O–H groups in total. The van der Waals surface area contributed by atoms with Crippen molar-refractivity contribution in [3.63, 3.8) is 0 Å². The van der Waals surface area contributed by atoms with Crippen molar-refractivity contribution in [3.8, 4) is 5.88 Å². The number of carbonyl (C=O) groups is 1. The van der Waals surface area contributed by atoms with Crippen molar-refractivity contribution in [3.05, 3.63) is 27.7 Å². The van der Waals surface area contributed by atoms with E-state index in [9.17, 15) is 28.1 Å². The number of H-pyrrole nitrogens is 1. The first-order chi connectivity index (χ1) is 11.6. The van der Waals surface area contributed by atoms with Gasteiger partial charge >= 0.3 is 17.7 Å². The Balaban J connectivity index is 2.28. The fourth-order valence-corrected chi connectivity index (χ4v) is 1.97. The first-order valence-electron chi connectivity index (χ1n) is 6.76. The van der Waals surface area contributed by atoms with Crippen LogP contribution in [0, 0.1) is 17.0 Å². The van der Waals surface area contributed by atoms with Crippen LogP contribution in [0.5, 0.6) is 5.88 Å². The van der Waals surface area contributed by atoms with Crippen LogP contribution < -0.4 is 10.1 Å². The number of ether oxygens (including phenoxy) is 1. The standard InChI is InChI=1S/C12H13F3N6O4/c1-5-8(9(18-17-5)12(13,14)15)16-10(22)6(2)20-4-7(21(23)24)11(19-20)25-3/h4,6H,1-3H3,(H,16,22)(H,17,18). The van der Waals surface area contributed by atoms with Crippen LogP contribution in [0.15, 0.2) is 6.20 Å². The lowest BCUT2D eigenvalue weighted by Crippen LogP contribution is -2.25. The number of nitrogens with zero attached hydrogens (tertiary/aromatic N) is 4. The summed E-state index contributed by atoms with van der Waals surface area (Å²) < 4.78 is 44.3. The molecule has 2 heterocycles. The summed E-state index contributed by atoms with van der Waals surface area (Å²) in [6.07, 6.45) is -3.81. The summed E-state index contributed by atoms with van der Waals surface area (Å²) >= 11 is 0. The highest BCUT2D eigenvalue weighted by Crippen LogP contribution is 2.35. The molecule has 136 valence electrons. The van der Waals surface area contributed by atoms with Crippen molar-refractivity contribution >= 4 is 17.3 Å². The lowest BCUT2D eigenvalue weighted by molar-refractivity contribution is -0.385. The van der Waals surface area contributed by atoms with Gasteiger partial charge in [0, 0.05) is 0 Å². The number of hydrogen-bond acceptors (Lipinski definition) is 6. The molecule has 25 heavy (non-hydrogen) atoms. The number of nitrogens with one attached hydrogen (secondary N) is 2. The Morgan fingerprint density at radius 1 is 1.52 bits per heavy atom. The van der Waals surface area contributed by atoms with E-state index >= 15 is 0 Å². The number of aromatic amines is 1. The fraction of sp³-hybridized carbons (Fsp3) is 0.417. The summed E-state index contributed by atoms with van der Waals surface area (Å²) in [5, 5.41) is 22.0. The minimum absolute atomic E-state index is 0.0110. The van der Waals surface area contributed by atoms with Gasteiger partial charge in [0.25, 0.3) is 0 Å². The molecule has 10 nitrogen and oxygen atoms in total. The maximum Gasteiger partial charge on any atom is 0.437 e. The van der Waals surface area contributed by atoms with Gasteiger partial charge in [-0.05, 0) is 13.8 Å². The normalized spacial score (nSPS) is 12.7. The number of aromatic nitrogens is 4. The van der Waals surface area contributed by atoms with Gasteiger partial charge in [0.2, 0.25) is 5.91 Å². The lowest BCUT2D eigenvalue weighted by Gasteiger charge is -2.13. The molecule has 2 rings (SSSR count). The zero-order valence-electron chi connectivity index (χ0n) is 13.2. The molecule has 0 saturated heterocycles. The van der Waals surface area contributed by atoms with Crippen LogP contribution in [0.3, 0.4) is 0 Å². The molecule has 0 saturated carbocycles. The van der Waals surface area contributed by atoms with E-state index in [1.54, 1.807) is 0 Å². The first-order valence-corrected chi connectivity index (χ1v) is 6.76. The van der Waals surface area contributed by atoms with Crippen molar-refractivity contribution in [2.75, 3.05) is 12.4 Å². The van der Waals surface area contributed by atoms with Crippen molar-refractivity contribution in [1.29, 1.82) is 0 Å². The average Bonchev–Trinajstić information content (AvgIpc) is 3.10. The summed E-state index contributed by atoms with van der Waals surface area (Å²) in [7, 11) is 1.16. The summed E-state index contributed by atoms with van der Waals surface area (Å²) in [6, 6.07) is -1.14. The largest absolute Gasteiger partial charge is 0.475 e. The van der Waals surface area contributed by atoms with Crippen molar-refractivity contribution in [1.82, 2.24) is 20.0 Å². The molecule has 0 aliphatic carbocycles. The lowest BCUT2D eigenvalue weighted by atomic mass is 10.2. The Morgan fingerprint density at radius 2 is 2.16 bits per heavy atom. The van der Waals surface area contributed by atoms with Crippen LogP contribution in [-0.2, 0) is 11.0 Å². The Hall–Kier alpha value is -3.12. The quantitative estimate of drug-likeness (QED) is 0.619. The Bertz CT molecular complexity index is 812. The number of halogens is 3. The van der Waals surface area contributed by atoms with E-state index < -0.39 is 40.1 Å². The highest BCUT2D eigenvalue weighted by Gasteiger charge is 2.38. The third-order valence-electron chi connectivity index (χ3n) is 3.31. The molecule has 2 aromatic rings. The predicted molar refractivity (Wildman–Crippen MR) is 77.1 cm³/mol. The van der Waals surface area contributed by atoms with Gasteiger partial charge in [-0.3, -0.25) is 20.0 Å². The molecule has 0 spiro atoms. The fourth-order valence-electron chi connectivity index (χ4n) is 1.97. The highest BCUT2D eigenvalue weighted by atomic mass is 19.4. The molecule has 0 radical (unpaired) electrons. The van der Waals surface area contributed by atoms with Crippen molar-refractivity contribution < 1.29 is 27.6 Å². The summed E-state index contributed by atoms with van der Waals surface area (Å²) in [5.41, 5.74) is -2.25. The predicted octanol–water partition coefficient (Wildman–Crippen LogP) is 2.05. The number of anilines is 1. The molecule has 2 aromatic heterocycles. The number of rotatable bonds is 5. The molecular formula is C12H13F3N6O4. The molecule has 1 unspecified atom stereocenters. The van der Waals surface area contributed by atoms with E-state index in [0.717, 1.165) is 18.0 Å². The van der Waals surface area contributed by atoms with E-state index in [0.29, 0.717) is 0 Å². The van der Waals surface area contributed by atoms with E-state index in [-0.39, 0.29) is 11.6 Å². The monoisotopic (exact) mass is 362 g/mol. The second kappa shape index (κ2) is 6.41. The number of amides is 1. The summed E-state index contributed by atoms with van der Waals surface area (Å²) in [4.78, 5) is 22.4. The van der Waals surface area contributed by atoms with Crippen LogP contribution >= 0.6 is 0 Å². The topological polar surface area (TPSA) is 128 Å². The number of hydrogen-bond donors (Lipinski definition) is 2. The van der Waals surface area contributed by atoms with E-state index in [4.69, 9.17) is 4.74 Å². The molecule has 0 aliphatic heterocycles. The van der Waals surface area contributed by atoms with Crippen LogP contribution in [0.25, 0.3) is 0 Å². The van der Waals surface area contributed by atoms with Crippen LogP contribution in [-0.4, -0.2) is 37.9 Å². The summed E-state index contributed by atoms with van der Waals surface area (Å²) in [6.45, 7) is 2.62. The summed E-state index contributed by atoms with van der Waals surface area (Å²) in [5.74, 6) is -1.19. The molecule has 1 atom stereocenters. The minimum atomic E-state index is -4.76. The Morgan fingerprint density at radius 3 is 2.64 bits per heavy atom. The van der Waals surface area contributed by atoms with E-state index in [1.807, 2.05) is 0 Å².